The van der Waals surface area contributed by atoms with Gasteiger partial charge < -0.3 is 29.5 Å². The topological polar surface area (TPSA) is 80.3 Å². The maximum atomic E-state index is 11.8. The van der Waals surface area contributed by atoms with Gasteiger partial charge in [0.05, 0.1) is 0 Å². The maximum Gasteiger partial charge on any atom is 0.221 e. The highest BCUT2D eigenvalue weighted by atomic mass is 16.6. The second kappa shape index (κ2) is 5.53. The highest BCUT2D eigenvalue weighted by molar-refractivity contribution is 5.92. The Morgan fingerprint density at radius 3 is 2.67 bits per heavy atom. The Kier molecular flexibility index (Phi) is 3.33. The normalized spacial score (nSPS) is 24.4. The summed E-state index contributed by atoms with van der Waals surface area (Å²) in [6, 6.07) is 9.38. The van der Waals surface area contributed by atoms with Gasteiger partial charge in [-0.05, 0) is 18.2 Å². The number of carbonyl (C=O) groups excluding carboxylic acids is 1. The van der Waals surface area contributed by atoms with Gasteiger partial charge in [-0.1, -0.05) is 6.07 Å². The van der Waals surface area contributed by atoms with Crippen LogP contribution in [0.15, 0.2) is 30.3 Å². The molecule has 3 aliphatic rings. The summed E-state index contributed by atoms with van der Waals surface area (Å²) in [5.74, 6) is 1.79. The molecule has 7 heteroatoms. The first kappa shape index (κ1) is 16.3. The van der Waals surface area contributed by atoms with Crippen LogP contribution in [0.3, 0.4) is 0 Å². The Balaban J connectivity index is 1.75. The lowest BCUT2D eigenvalue weighted by Crippen LogP contribution is -2.45. The Morgan fingerprint density at radius 1 is 1.19 bits per heavy atom. The molecule has 0 aromatic heterocycles. The first-order valence-electron chi connectivity index (χ1n) is 8.91. The molecule has 1 spiro atoms. The molecule has 0 saturated heterocycles. The number of likely N-dealkylation sites (N-methyl/N-ethyl adjacent to an activating group) is 1. The second-order valence-corrected chi connectivity index (χ2v) is 7.12. The smallest absolute Gasteiger partial charge is 0.221 e. The number of aliphatic hydroxyl groups is 1. The molecular formula is C20H20N2O5. The summed E-state index contributed by atoms with van der Waals surface area (Å²) in [7, 11) is 1.84. The van der Waals surface area contributed by atoms with E-state index in [1.807, 2.05) is 42.3 Å². The van der Waals surface area contributed by atoms with Gasteiger partial charge in [0.2, 0.25) is 5.91 Å². The van der Waals surface area contributed by atoms with Crippen LogP contribution in [-0.4, -0.2) is 44.1 Å². The van der Waals surface area contributed by atoms with E-state index in [0.717, 1.165) is 16.8 Å². The molecule has 2 aromatic carbocycles. The fraction of sp³-hybridized carbons (Fsp3) is 0.350. The molecule has 0 saturated carbocycles. The van der Waals surface area contributed by atoms with Crippen LogP contribution in [0.1, 0.15) is 18.1 Å². The summed E-state index contributed by atoms with van der Waals surface area (Å²) in [5, 5.41) is 14.1. The van der Waals surface area contributed by atoms with Crippen molar-refractivity contribution in [3.8, 4) is 17.2 Å². The van der Waals surface area contributed by atoms with Gasteiger partial charge in [0.15, 0.2) is 11.5 Å². The third kappa shape index (κ3) is 2.09. The van der Waals surface area contributed by atoms with E-state index in [9.17, 15) is 9.90 Å². The van der Waals surface area contributed by atoms with Crippen molar-refractivity contribution in [2.75, 3.05) is 37.1 Å². The number of amides is 1. The molecule has 7 nitrogen and oxygen atoms in total. The summed E-state index contributed by atoms with van der Waals surface area (Å²) >= 11 is 0. The summed E-state index contributed by atoms with van der Waals surface area (Å²) in [4.78, 5) is 13.6. The zero-order valence-corrected chi connectivity index (χ0v) is 15.1. The van der Waals surface area contributed by atoms with E-state index in [0.29, 0.717) is 36.1 Å². The molecule has 3 aliphatic heterocycles. The van der Waals surface area contributed by atoms with Crippen molar-refractivity contribution in [2.45, 2.75) is 18.6 Å². The van der Waals surface area contributed by atoms with Gasteiger partial charge in [-0.2, -0.15) is 0 Å². The number of carbonyl (C=O) groups is 1. The van der Waals surface area contributed by atoms with Gasteiger partial charge in [-0.25, -0.2) is 0 Å². The zero-order valence-electron chi connectivity index (χ0n) is 15.1. The SMILES string of the molecule is CC(=O)Nc1cccc2c1C1(COc3cc4c(cc31)OCCO4)C(O)N2C. The van der Waals surface area contributed by atoms with Crippen LogP contribution in [0, 0.1) is 0 Å². The number of hydrogen-bond donors (Lipinski definition) is 2. The molecule has 1 amide bonds. The fourth-order valence-corrected chi connectivity index (χ4v) is 4.42. The lowest BCUT2D eigenvalue weighted by molar-refractivity contribution is -0.114. The quantitative estimate of drug-likeness (QED) is 0.800. The predicted octanol–water partition coefficient (Wildman–Crippen LogP) is 1.86. The summed E-state index contributed by atoms with van der Waals surface area (Å²) in [6.45, 7) is 2.72. The van der Waals surface area contributed by atoms with E-state index in [4.69, 9.17) is 14.2 Å². The van der Waals surface area contributed by atoms with Crippen molar-refractivity contribution in [1.29, 1.82) is 0 Å². The van der Waals surface area contributed by atoms with Crippen LogP contribution in [0.2, 0.25) is 0 Å². The average molecular weight is 368 g/mol. The van der Waals surface area contributed by atoms with E-state index in [-0.39, 0.29) is 12.5 Å². The first-order valence-corrected chi connectivity index (χ1v) is 8.91. The number of fused-ring (bicyclic) bond motifs is 5. The summed E-state index contributed by atoms with van der Waals surface area (Å²) in [6.07, 6.45) is -0.841. The Bertz CT molecular complexity index is 960. The minimum absolute atomic E-state index is 0.163. The fourth-order valence-electron chi connectivity index (χ4n) is 4.42. The van der Waals surface area contributed by atoms with Crippen LogP contribution in [-0.2, 0) is 10.2 Å². The predicted molar refractivity (Wildman–Crippen MR) is 98.9 cm³/mol. The van der Waals surface area contributed by atoms with Crippen LogP contribution < -0.4 is 24.4 Å². The molecule has 27 heavy (non-hydrogen) atoms. The molecule has 5 rings (SSSR count). The largest absolute Gasteiger partial charge is 0.492 e. The zero-order chi connectivity index (χ0) is 18.8. The monoisotopic (exact) mass is 368 g/mol. The molecule has 140 valence electrons. The Hall–Kier alpha value is -2.93. The molecule has 0 radical (unpaired) electrons. The molecule has 0 aliphatic carbocycles. The number of ether oxygens (including phenoxy) is 3. The Morgan fingerprint density at radius 2 is 1.93 bits per heavy atom. The van der Waals surface area contributed by atoms with Gasteiger partial charge in [0.25, 0.3) is 0 Å². The lowest BCUT2D eigenvalue weighted by atomic mass is 9.75. The van der Waals surface area contributed by atoms with Crippen molar-refractivity contribution in [2.24, 2.45) is 0 Å². The minimum atomic E-state index is -0.841. The molecule has 2 N–H and O–H groups in total. The number of aliphatic hydroxyl groups excluding tert-OH is 1. The number of nitrogens with zero attached hydrogens (tertiary/aromatic N) is 1. The standard InChI is InChI=1S/C20H20N2O5/c1-11(23)21-13-4-3-5-14-18(13)20(19(24)22(14)2)10-27-15-9-17-16(8-12(15)20)25-6-7-26-17/h3-5,8-9,19,24H,6-7,10H2,1-2H3,(H,21,23). The van der Waals surface area contributed by atoms with Crippen LogP contribution in [0.5, 0.6) is 17.2 Å². The number of benzene rings is 2. The molecule has 0 bridgehead atoms. The number of anilines is 2. The number of nitrogens with one attached hydrogen (secondary N) is 1. The van der Waals surface area contributed by atoms with Crippen molar-refractivity contribution < 1.29 is 24.1 Å². The minimum Gasteiger partial charge on any atom is -0.492 e. The number of hydrogen-bond acceptors (Lipinski definition) is 6. The summed E-state index contributed by atoms with van der Waals surface area (Å²) < 4.78 is 17.4. The highest BCUT2D eigenvalue weighted by Crippen LogP contribution is 2.57. The van der Waals surface area contributed by atoms with Gasteiger partial charge in [0, 0.05) is 42.5 Å². The third-order valence-electron chi connectivity index (χ3n) is 5.57. The van der Waals surface area contributed by atoms with E-state index in [1.54, 1.807) is 0 Å². The first-order chi connectivity index (χ1) is 13.0. The van der Waals surface area contributed by atoms with Crippen molar-refractivity contribution in [3.05, 3.63) is 41.5 Å². The second-order valence-electron chi connectivity index (χ2n) is 7.12. The van der Waals surface area contributed by atoms with E-state index < -0.39 is 11.6 Å². The maximum absolute atomic E-state index is 11.8. The average Bonchev–Trinajstić information content (AvgIpc) is 3.13. The Labute approximate surface area is 156 Å². The van der Waals surface area contributed by atoms with E-state index in [1.165, 1.54) is 6.92 Å². The molecule has 2 unspecified atom stereocenters. The van der Waals surface area contributed by atoms with Gasteiger partial charge >= 0.3 is 0 Å². The van der Waals surface area contributed by atoms with Gasteiger partial charge in [0.1, 0.15) is 37.2 Å². The molecular weight excluding hydrogens is 348 g/mol. The number of rotatable bonds is 1. The van der Waals surface area contributed by atoms with Crippen LogP contribution in [0.4, 0.5) is 11.4 Å². The lowest BCUT2D eigenvalue weighted by Gasteiger charge is -2.31. The van der Waals surface area contributed by atoms with Crippen LogP contribution >= 0.6 is 0 Å². The van der Waals surface area contributed by atoms with E-state index >= 15 is 0 Å². The summed E-state index contributed by atoms with van der Waals surface area (Å²) in [5.41, 5.74) is 2.40. The van der Waals surface area contributed by atoms with Crippen LogP contribution in [0.25, 0.3) is 0 Å². The molecule has 3 heterocycles. The molecule has 2 aromatic rings. The highest BCUT2D eigenvalue weighted by Gasteiger charge is 2.57. The van der Waals surface area contributed by atoms with E-state index in [2.05, 4.69) is 5.32 Å². The van der Waals surface area contributed by atoms with Gasteiger partial charge in [-0.15, -0.1) is 0 Å². The third-order valence-corrected chi connectivity index (χ3v) is 5.57. The van der Waals surface area contributed by atoms with Crippen molar-refractivity contribution in [1.82, 2.24) is 0 Å². The van der Waals surface area contributed by atoms with Crippen molar-refractivity contribution >= 4 is 17.3 Å². The molecule has 2 atom stereocenters. The van der Waals surface area contributed by atoms with Gasteiger partial charge in [-0.3, -0.25) is 4.79 Å². The van der Waals surface area contributed by atoms with Crippen molar-refractivity contribution in [3.63, 3.8) is 0 Å². The molecule has 0 fully saturated rings.